The topological polar surface area (TPSA) is 0 Å². The molecule has 0 nitrogen and oxygen atoms in total. The molecule has 0 aliphatic heterocycles. The third-order valence-corrected chi connectivity index (χ3v) is 3.32. The fourth-order valence-electron chi connectivity index (χ4n) is 2.29. The van der Waals surface area contributed by atoms with Crippen LogP contribution < -0.4 is 0 Å². The summed E-state index contributed by atoms with van der Waals surface area (Å²) in [7, 11) is 0. The first-order chi connectivity index (χ1) is 5.86. The third-order valence-electron chi connectivity index (χ3n) is 3.32. The minimum Gasteiger partial charge on any atom is -0.0651 e. The highest BCUT2D eigenvalue weighted by Crippen LogP contribution is 2.30. The highest BCUT2D eigenvalue weighted by Gasteiger charge is 2.16. The second-order valence-electron chi connectivity index (χ2n) is 4.20. The highest BCUT2D eigenvalue weighted by atomic mass is 14.2. The van der Waals surface area contributed by atoms with Crippen LogP contribution >= 0.6 is 0 Å². The molecule has 0 heterocycles. The molecule has 0 heteroatoms. The molecule has 1 aliphatic carbocycles. The number of rotatable bonds is 4. The molecule has 0 aromatic rings. The maximum absolute atomic E-state index is 2.57. The molecular formula is C12H23. The van der Waals surface area contributed by atoms with Gasteiger partial charge in [0.25, 0.3) is 0 Å². The van der Waals surface area contributed by atoms with Crippen molar-refractivity contribution in [3.63, 3.8) is 0 Å². The summed E-state index contributed by atoms with van der Waals surface area (Å²) in [4.78, 5) is 0. The molecule has 1 unspecified atom stereocenters. The molecule has 0 bridgehead atoms. The summed E-state index contributed by atoms with van der Waals surface area (Å²) in [5.41, 5.74) is 0. The monoisotopic (exact) mass is 167 g/mol. The Morgan fingerprint density at radius 2 is 2.00 bits per heavy atom. The Morgan fingerprint density at radius 1 is 1.25 bits per heavy atom. The van der Waals surface area contributed by atoms with E-state index < -0.39 is 0 Å². The molecule has 12 heavy (non-hydrogen) atoms. The summed E-state index contributed by atoms with van der Waals surface area (Å²) >= 11 is 0. The average Bonchev–Trinajstić information content (AvgIpc) is 2.16. The predicted molar refractivity (Wildman–Crippen MR) is 54.9 cm³/mol. The van der Waals surface area contributed by atoms with Crippen molar-refractivity contribution in [2.75, 3.05) is 0 Å². The lowest BCUT2D eigenvalue weighted by atomic mass is 9.81. The van der Waals surface area contributed by atoms with Gasteiger partial charge in [0.1, 0.15) is 0 Å². The Labute approximate surface area is 77.7 Å². The van der Waals surface area contributed by atoms with Gasteiger partial charge >= 0.3 is 0 Å². The van der Waals surface area contributed by atoms with E-state index in [4.69, 9.17) is 0 Å². The third kappa shape index (κ3) is 3.16. The minimum absolute atomic E-state index is 0.962. The van der Waals surface area contributed by atoms with Gasteiger partial charge in [-0.25, -0.2) is 0 Å². The lowest BCUT2D eigenvalue weighted by Gasteiger charge is -2.24. The van der Waals surface area contributed by atoms with Crippen molar-refractivity contribution in [1.29, 1.82) is 0 Å². The van der Waals surface area contributed by atoms with Crippen LogP contribution in [0.5, 0.6) is 0 Å². The second-order valence-corrected chi connectivity index (χ2v) is 4.20. The molecule has 1 fully saturated rings. The van der Waals surface area contributed by atoms with Crippen LogP contribution in [0, 0.1) is 18.3 Å². The first kappa shape index (κ1) is 10.1. The Morgan fingerprint density at radius 3 is 2.50 bits per heavy atom. The summed E-state index contributed by atoms with van der Waals surface area (Å²) in [6.45, 7) is 4.66. The van der Waals surface area contributed by atoms with E-state index in [-0.39, 0.29) is 0 Å². The molecule has 0 saturated heterocycles. The normalized spacial score (nSPS) is 20.2. The maximum Gasteiger partial charge on any atom is -0.0355 e. The maximum atomic E-state index is 2.57. The number of hydrogen-bond donors (Lipinski definition) is 0. The average molecular weight is 167 g/mol. The van der Waals surface area contributed by atoms with Crippen molar-refractivity contribution in [3.8, 4) is 0 Å². The summed E-state index contributed by atoms with van der Waals surface area (Å²) in [6, 6.07) is 0. The van der Waals surface area contributed by atoms with Crippen LogP contribution in [0.3, 0.4) is 0 Å². The first-order valence-electron chi connectivity index (χ1n) is 5.70. The quantitative estimate of drug-likeness (QED) is 0.588. The van der Waals surface area contributed by atoms with Gasteiger partial charge in [0.05, 0.1) is 0 Å². The van der Waals surface area contributed by atoms with Crippen LogP contribution in [0.15, 0.2) is 0 Å². The van der Waals surface area contributed by atoms with Gasteiger partial charge in [0.2, 0.25) is 0 Å². The Bertz CT molecular complexity index is 96.6. The summed E-state index contributed by atoms with van der Waals surface area (Å²) < 4.78 is 0. The van der Waals surface area contributed by atoms with Crippen molar-refractivity contribution in [3.05, 3.63) is 6.42 Å². The molecule has 1 aliphatic rings. The zero-order valence-corrected chi connectivity index (χ0v) is 8.68. The summed E-state index contributed by atoms with van der Waals surface area (Å²) in [6.07, 6.45) is 12.6. The van der Waals surface area contributed by atoms with Crippen LogP contribution in [0.25, 0.3) is 0 Å². The summed E-state index contributed by atoms with van der Waals surface area (Å²) in [5.74, 6) is 1.95. The Hall–Kier alpha value is 0. The zero-order chi connectivity index (χ0) is 8.81. The molecule has 1 radical (unpaired) electrons. The fraction of sp³-hybridized carbons (Fsp3) is 0.917. The fourth-order valence-corrected chi connectivity index (χ4v) is 2.29. The van der Waals surface area contributed by atoms with Crippen LogP contribution in [0.2, 0.25) is 0 Å². The largest absolute Gasteiger partial charge is 0.0651 e. The van der Waals surface area contributed by atoms with Gasteiger partial charge in [-0.05, 0) is 31.1 Å². The first-order valence-corrected chi connectivity index (χ1v) is 5.70. The van der Waals surface area contributed by atoms with Crippen LogP contribution in [-0.4, -0.2) is 0 Å². The smallest absolute Gasteiger partial charge is 0.0355 e. The van der Waals surface area contributed by atoms with Gasteiger partial charge in [-0.15, -0.1) is 0 Å². The Balaban J connectivity index is 2.18. The van der Waals surface area contributed by atoms with Crippen molar-refractivity contribution in [1.82, 2.24) is 0 Å². The van der Waals surface area contributed by atoms with E-state index in [1.54, 1.807) is 0 Å². The van der Waals surface area contributed by atoms with Crippen LogP contribution in [-0.2, 0) is 0 Å². The molecule has 1 rings (SSSR count). The molecule has 1 saturated carbocycles. The lowest BCUT2D eigenvalue weighted by Crippen LogP contribution is -2.11. The van der Waals surface area contributed by atoms with Crippen LogP contribution in [0.4, 0.5) is 0 Å². The molecule has 0 spiro atoms. The highest BCUT2D eigenvalue weighted by molar-refractivity contribution is 4.82. The Kier molecular flexibility index (Phi) is 4.72. The van der Waals surface area contributed by atoms with E-state index >= 15 is 0 Å². The van der Waals surface area contributed by atoms with E-state index in [2.05, 4.69) is 20.3 Å². The molecule has 0 N–H and O–H groups in total. The SMILES string of the molecule is CCC(CC)CC1[CH]CCCC1. The van der Waals surface area contributed by atoms with E-state index in [9.17, 15) is 0 Å². The van der Waals surface area contributed by atoms with E-state index in [0.717, 1.165) is 11.8 Å². The molecule has 0 aromatic heterocycles. The van der Waals surface area contributed by atoms with E-state index in [0.29, 0.717) is 0 Å². The predicted octanol–water partition coefficient (Wildman–Crippen LogP) is 4.21. The van der Waals surface area contributed by atoms with E-state index in [1.807, 2.05) is 0 Å². The molecule has 71 valence electrons. The standard InChI is InChI=1S/C12H23/c1-3-11(4-2)10-12-8-6-5-7-9-12/h8,11-12H,3-7,9-10H2,1-2H3. The minimum atomic E-state index is 0.962. The van der Waals surface area contributed by atoms with Crippen molar-refractivity contribution >= 4 is 0 Å². The van der Waals surface area contributed by atoms with Crippen molar-refractivity contribution in [2.24, 2.45) is 11.8 Å². The van der Waals surface area contributed by atoms with Gasteiger partial charge in [0, 0.05) is 0 Å². The van der Waals surface area contributed by atoms with Gasteiger partial charge in [-0.2, -0.15) is 0 Å². The van der Waals surface area contributed by atoms with Gasteiger partial charge in [-0.3, -0.25) is 0 Å². The lowest BCUT2D eigenvalue weighted by molar-refractivity contribution is 0.332. The number of hydrogen-bond acceptors (Lipinski definition) is 0. The molecule has 0 amide bonds. The van der Waals surface area contributed by atoms with Crippen molar-refractivity contribution < 1.29 is 0 Å². The molecular weight excluding hydrogens is 144 g/mol. The van der Waals surface area contributed by atoms with Gasteiger partial charge in [-0.1, -0.05) is 46.0 Å². The zero-order valence-electron chi connectivity index (χ0n) is 8.68. The van der Waals surface area contributed by atoms with Gasteiger partial charge < -0.3 is 0 Å². The summed E-state index contributed by atoms with van der Waals surface area (Å²) in [5, 5.41) is 0. The van der Waals surface area contributed by atoms with Crippen molar-refractivity contribution in [2.45, 2.75) is 58.8 Å². The second kappa shape index (κ2) is 5.61. The van der Waals surface area contributed by atoms with Gasteiger partial charge in [0.15, 0.2) is 0 Å². The van der Waals surface area contributed by atoms with Crippen LogP contribution in [0.1, 0.15) is 58.8 Å². The van der Waals surface area contributed by atoms with E-state index in [1.165, 1.54) is 44.9 Å². The molecule has 0 aromatic carbocycles. The molecule has 1 atom stereocenters.